The van der Waals surface area contributed by atoms with Crippen molar-refractivity contribution in [2.45, 2.75) is 18.6 Å². The Balaban J connectivity index is 1.76. The maximum absolute atomic E-state index is 11.9. The van der Waals surface area contributed by atoms with Crippen LogP contribution in [0.3, 0.4) is 0 Å². The number of nitrogens with two attached hydrogens (primary N) is 1. The molecule has 0 saturated carbocycles. The molecule has 0 radical (unpaired) electrons. The summed E-state index contributed by atoms with van der Waals surface area (Å²) < 4.78 is 5.30. The highest BCUT2D eigenvalue weighted by atomic mass is 32.2. The number of anilines is 1. The molecule has 0 amide bonds. The van der Waals surface area contributed by atoms with Crippen LogP contribution in [0.2, 0.25) is 0 Å². The van der Waals surface area contributed by atoms with Crippen LogP contribution in [0.15, 0.2) is 53.7 Å². The molecule has 0 bridgehead atoms. The van der Waals surface area contributed by atoms with E-state index >= 15 is 0 Å². The lowest BCUT2D eigenvalue weighted by Crippen LogP contribution is -2.16. The Morgan fingerprint density at radius 1 is 1.29 bits per heavy atom. The summed E-state index contributed by atoms with van der Waals surface area (Å²) in [6.07, 6.45) is 1.61. The first-order valence-electron chi connectivity index (χ1n) is 6.70. The molecule has 21 heavy (non-hydrogen) atoms. The fourth-order valence-corrected chi connectivity index (χ4v) is 2.47. The van der Waals surface area contributed by atoms with Crippen LogP contribution >= 0.6 is 11.8 Å². The molecule has 110 valence electrons. The highest BCUT2D eigenvalue weighted by molar-refractivity contribution is 7.99. The molecule has 2 aromatic rings. The van der Waals surface area contributed by atoms with E-state index < -0.39 is 0 Å². The van der Waals surface area contributed by atoms with Gasteiger partial charge in [0.15, 0.2) is 0 Å². The van der Waals surface area contributed by atoms with E-state index in [1.165, 1.54) is 11.8 Å². The number of ether oxygens (including phenoxy) is 1. The number of esters is 1. The van der Waals surface area contributed by atoms with Crippen LogP contribution in [0.1, 0.15) is 12.5 Å². The average molecular weight is 302 g/mol. The van der Waals surface area contributed by atoms with E-state index in [1.807, 2.05) is 43.3 Å². The van der Waals surface area contributed by atoms with E-state index in [1.54, 1.807) is 12.3 Å². The molecular formula is C16H18N2O2S. The van der Waals surface area contributed by atoms with Gasteiger partial charge in [0.2, 0.25) is 0 Å². The molecule has 0 aliphatic carbocycles. The largest absolute Gasteiger partial charge is 0.461 e. The van der Waals surface area contributed by atoms with Crippen LogP contribution in [-0.2, 0) is 16.1 Å². The number of carbonyl (C=O) groups is 1. The molecule has 1 unspecified atom stereocenters. The molecule has 1 aromatic heterocycles. The molecule has 2 N–H and O–H groups in total. The summed E-state index contributed by atoms with van der Waals surface area (Å²) in [5.74, 6) is 0.254. The summed E-state index contributed by atoms with van der Waals surface area (Å²) in [4.78, 5) is 16.1. The molecule has 0 aliphatic heterocycles. The number of benzene rings is 1. The number of aromatic nitrogens is 1. The zero-order valence-electron chi connectivity index (χ0n) is 11.9. The van der Waals surface area contributed by atoms with Gasteiger partial charge in [-0.15, -0.1) is 11.8 Å². The molecule has 0 fully saturated rings. The van der Waals surface area contributed by atoms with Gasteiger partial charge >= 0.3 is 5.97 Å². The minimum atomic E-state index is -0.193. The van der Waals surface area contributed by atoms with Crippen molar-refractivity contribution < 1.29 is 9.53 Å². The van der Waals surface area contributed by atoms with Gasteiger partial charge in [0.1, 0.15) is 6.61 Å². The van der Waals surface area contributed by atoms with Gasteiger partial charge in [-0.05, 0) is 17.7 Å². The number of nitrogen functional groups attached to an aromatic ring is 1. The summed E-state index contributed by atoms with van der Waals surface area (Å²) in [6, 6.07) is 13.3. The first kappa shape index (κ1) is 15.4. The second-order valence-electron chi connectivity index (χ2n) is 4.74. The number of thioether (sulfide) groups is 1. The zero-order valence-corrected chi connectivity index (χ0v) is 12.7. The lowest BCUT2D eigenvalue weighted by molar-refractivity contribution is -0.148. The fourth-order valence-electron chi connectivity index (χ4n) is 1.63. The third-order valence-electron chi connectivity index (χ3n) is 2.87. The molecule has 1 atom stereocenters. The SMILES string of the molecule is CC(CSc1ccc(N)cn1)C(=O)OCc1ccccc1. The van der Waals surface area contributed by atoms with Crippen LogP contribution in [0.5, 0.6) is 0 Å². The smallest absolute Gasteiger partial charge is 0.309 e. The summed E-state index contributed by atoms with van der Waals surface area (Å²) >= 11 is 1.52. The molecule has 1 aromatic carbocycles. The topological polar surface area (TPSA) is 65.2 Å². The van der Waals surface area contributed by atoms with Crippen LogP contribution in [-0.4, -0.2) is 16.7 Å². The number of hydrogen-bond acceptors (Lipinski definition) is 5. The second kappa shape index (κ2) is 7.69. The average Bonchev–Trinajstić information content (AvgIpc) is 2.52. The van der Waals surface area contributed by atoms with E-state index in [0.29, 0.717) is 18.0 Å². The van der Waals surface area contributed by atoms with Gasteiger partial charge in [-0.1, -0.05) is 37.3 Å². The van der Waals surface area contributed by atoms with Crippen LogP contribution < -0.4 is 5.73 Å². The molecular weight excluding hydrogens is 284 g/mol. The lowest BCUT2D eigenvalue weighted by atomic mass is 10.2. The number of nitrogens with zero attached hydrogens (tertiary/aromatic N) is 1. The Morgan fingerprint density at radius 2 is 2.05 bits per heavy atom. The fraction of sp³-hybridized carbons (Fsp3) is 0.250. The summed E-state index contributed by atoms with van der Waals surface area (Å²) in [5, 5.41) is 0.854. The third-order valence-corrected chi connectivity index (χ3v) is 4.07. The Labute approximate surface area is 128 Å². The third kappa shape index (κ3) is 5.11. The highest BCUT2D eigenvalue weighted by Crippen LogP contribution is 2.20. The van der Waals surface area contributed by atoms with Crippen molar-refractivity contribution in [3.63, 3.8) is 0 Å². The van der Waals surface area contributed by atoms with Gasteiger partial charge in [-0.3, -0.25) is 4.79 Å². The molecule has 1 heterocycles. The first-order valence-corrected chi connectivity index (χ1v) is 7.68. The quantitative estimate of drug-likeness (QED) is 0.656. The van der Waals surface area contributed by atoms with Gasteiger partial charge in [0.25, 0.3) is 0 Å². The Bertz CT molecular complexity index is 573. The summed E-state index contributed by atoms with van der Waals surface area (Å²) in [7, 11) is 0. The predicted molar refractivity (Wildman–Crippen MR) is 84.8 cm³/mol. The molecule has 2 rings (SSSR count). The minimum absolute atomic E-state index is 0.182. The van der Waals surface area contributed by atoms with Crippen LogP contribution in [0, 0.1) is 5.92 Å². The van der Waals surface area contributed by atoms with E-state index in [2.05, 4.69) is 4.98 Å². The van der Waals surface area contributed by atoms with Gasteiger partial charge in [-0.25, -0.2) is 4.98 Å². The van der Waals surface area contributed by atoms with Gasteiger partial charge < -0.3 is 10.5 Å². The van der Waals surface area contributed by atoms with Crippen molar-refractivity contribution in [2.75, 3.05) is 11.5 Å². The van der Waals surface area contributed by atoms with Crippen molar-refractivity contribution in [1.29, 1.82) is 0 Å². The van der Waals surface area contributed by atoms with Crippen LogP contribution in [0.25, 0.3) is 0 Å². The Kier molecular flexibility index (Phi) is 5.63. The highest BCUT2D eigenvalue weighted by Gasteiger charge is 2.15. The number of hydrogen-bond donors (Lipinski definition) is 1. The molecule has 0 aliphatic rings. The van der Waals surface area contributed by atoms with Gasteiger partial charge in [-0.2, -0.15) is 0 Å². The van der Waals surface area contributed by atoms with Gasteiger partial charge in [0, 0.05) is 5.75 Å². The number of rotatable bonds is 6. The lowest BCUT2D eigenvalue weighted by Gasteiger charge is -2.11. The van der Waals surface area contributed by atoms with E-state index in [-0.39, 0.29) is 11.9 Å². The van der Waals surface area contributed by atoms with Crippen molar-refractivity contribution in [3.8, 4) is 0 Å². The second-order valence-corrected chi connectivity index (χ2v) is 5.78. The molecule has 0 saturated heterocycles. The van der Waals surface area contributed by atoms with E-state index in [4.69, 9.17) is 10.5 Å². The van der Waals surface area contributed by atoms with E-state index in [0.717, 1.165) is 10.6 Å². The Hall–Kier alpha value is -2.01. The monoisotopic (exact) mass is 302 g/mol. The maximum Gasteiger partial charge on any atom is 0.309 e. The predicted octanol–water partition coefficient (Wildman–Crippen LogP) is 3.14. The van der Waals surface area contributed by atoms with Crippen molar-refractivity contribution >= 4 is 23.4 Å². The summed E-state index contributed by atoms with van der Waals surface area (Å²) in [5.41, 5.74) is 7.21. The molecule has 5 heteroatoms. The first-order chi connectivity index (χ1) is 10.1. The minimum Gasteiger partial charge on any atom is -0.461 e. The van der Waals surface area contributed by atoms with Crippen molar-refractivity contribution in [1.82, 2.24) is 4.98 Å². The molecule has 4 nitrogen and oxygen atoms in total. The van der Waals surface area contributed by atoms with Crippen LogP contribution in [0.4, 0.5) is 5.69 Å². The standard InChI is InChI=1S/C16H18N2O2S/c1-12(11-21-15-8-7-14(17)9-18-15)16(19)20-10-13-5-3-2-4-6-13/h2-9,12H,10-11,17H2,1H3. The number of pyridine rings is 1. The Morgan fingerprint density at radius 3 is 2.71 bits per heavy atom. The van der Waals surface area contributed by atoms with E-state index in [9.17, 15) is 4.79 Å². The number of carbonyl (C=O) groups excluding carboxylic acids is 1. The normalized spacial score (nSPS) is 11.9. The molecule has 0 spiro atoms. The van der Waals surface area contributed by atoms with Crippen molar-refractivity contribution in [3.05, 3.63) is 54.2 Å². The van der Waals surface area contributed by atoms with Crippen molar-refractivity contribution in [2.24, 2.45) is 5.92 Å². The summed E-state index contributed by atoms with van der Waals surface area (Å²) in [6.45, 7) is 2.17. The van der Waals surface area contributed by atoms with Gasteiger partial charge in [0.05, 0.1) is 22.8 Å². The zero-order chi connectivity index (χ0) is 15.1. The maximum atomic E-state index is 11.9.